The topological polar surface area (TPSA) is 68.9 Å². The van der Waals surface area contributed by atoms with Crippen LogP contribution >= 0.6 is 11.6 Å². The number of nitriles is 1. The second-order valence-electron chi connectivity index (χ2n) is 5.68. The lowest BCUT2D eigenvalue weighted by Crippen LogP contribution is -3.00. The predicted molar refractivity (Wildman–Crippen MR) is 113 cm³/mol. The van der Waals surface area contributed by atoms with E-state index in [1.807, 2.05) is 35.6 Å². The number of ether oxygens (including phenoxy) is 2. The SMILES string of the molecule is CC#N.CCCOCCCl.CCCOCCn1cc[n+](C)c1.Cn1ccnc1.[Cl-]. The van der Waals surface area contributed by atoms with Crippen LogP contribution in [-0.2, 0) is 30.1 Å². The summed E-state index contributed by atoms with van der Waals surface area (Å²) in [6.07, 6.45) is 13.7. The van der Waals surface area contributed by atoms with Crippen molar-refractivity contribution < 1.29 is 26.4 Å². The van der Waals surface area contributed by atoms with Gasteiger partial charge in [0.2, 0.25) is 6.33 Å². The monoisotopic (exact) mass is 449 g/mol. The first-order chi connectivity index (χ1) is 13.5. The van der Waals surface area contributed by atoms with Crippen LogP contribution in [0.1, 0.15) is 33.6 Å². The Kier molecular flexibility index (Phi) is 29.2. The number of hydrogen-bond acceptors (Lipinski definition) is 4. The van der Waals surface area contributed by atoms with Gasteiger partial charge < -0.3 is 26.4 Å². The number of hydrogen-bond donors (Lipinski definition) is 0. The molecule has 0 spiro atoms. The minimum atomic E-state index is 0. The molecule has 2 aromatic heterocycles. The fourth-order valence-corrected chi connectivity index (χ4v) is 1.79. The van der Waals surface area contributed by atoms with Crippen molar-refractivity contribution in [1.82, 2.24) is 14.1 Å². The van der Waals surface area contributed by atoms with E-state index in [1.165, 1.54) is 6.92 Å². The largest absolute Gasteiger partial charge is 1.00 e. The Labute approximate surface area is 187 Å². The lowest BCUT2D eigenvalue weighted by molar-refractivity contribution is -0.671. The number of imidazole rings is 2. The van der Waals surface area contributed by atoms with Gasteiger partial charge in [0, 0.05) is 45.5 Å². The van der Waals surface area contributed by atoms with Gasteiger partial charge in [0.15, 0.2) is 0 Å². The van der Waals surface area contributed by atoms with Crippen molar-refractivity contribution in [1.29, 1.82) is 5.26 Å². The minimum absolute atomic E-state index is 0. The first-order valence-corrected chi connectivity index (χ1v) is 10.0. The zero-order valence-electron chi connectivity index (χ0n) is 18.4. The minimum Gasteiger partial charge on any atom is -1.00 e. The third kappa shape index (κ3) is 26.4. The standard InChI is InChI=1S/C9H17N2O.C5H11ClO.C4H6N2.C2H3N.ClH/c1-3-7-12-8-6-11-5-4-10(2)9-11;1-2-4-7-5-3-6;1-6-3-2-5-4-6;1-2-3;/h4-5,9H,3,6-8H2,1-2H3;2-5H2,1H3;2-4H,1H3;1H3;1H/q+1;;;;/p-1. The molecular weight excluding hydrogens is 413 g/mol. The summed E-state index contributed by atoms with van der Waals surface area (Å²) in [6.45, 7) is 9.78. The summed E-state index contributed by atoms with van der Waals surface area (Å²) in [4.78, 5) is 3.78. The van der Waals surface area contributed by atoms with Crippen molar-refractivity contribution in [3.63, 3.8) is 0 Å². The van der Waals surface area contributed by atoms with Crippen molar-refractivity contribution in [3.8, 4) is 6.07 Å². The van der Waals surface area contributed by atoms with Gasteiger partial charge >= 0.3 is 0 Å². The molecule has 0 aliphatic rings. The molecule has 0 bridgehead atoms. The van der Waals surface area contributed by atoms with E-state index in [4.69, 9.17) is 26.3 Å². The number of alkyl halides is 1. The summed E-state index contributed by atoms with van der Waals surface area (Å²) in [5.74, 6) is 0.611. The summed E-state index contributed by atoms with van der Waals surface area (Å²) < 4.78 is 16.4. The molecule has 0 fully saturated rings. The van der Waals surface area contributed by atoms with Crippen LogP contribution in [0.15, 0.2) is 37.4 Å². The van der Waals surface area contributed by atoms with Crippen LogP contribution in [0.4, 0.5) is 0 Å². The highest BCUT2D eigenvalue weighted by molar-refractivity contribution is 6.17. The number of rotatable bonds is 9. The maximum absolute atomic E-state index is 7.32. The van der Waals surface area contributed by atoms with Gasteiger partial charge in [0.25, 0.3) is 0 Å². The average Bonchev–Trinajstić information content (AvgIpc) is 3.32. The number of aromatic nitrogens is 4. The fraction of sp³-hybridized carbons (Fsp3) is 0.650. The van der Waals surface area contributed by atoms with Gasteiger partial charge in [-0.05, 0) is 12.8 Å². The van der Waals surface area contributed by atoms with Crippen LogP contribution < -0.4 is 17.0 Å². The van der Waals surface area contributed by atoms with Gasteiger partial charge in [-0.15, -0.1) is 11.6 Å². The van der Waals surface area contributed by atoms with E-state index in [-0.39, 0.29) is 12.4 Å². The molecule has 0 unspecified atom stereocenters. The average molecular weight is 450 g/mol. The highest BCUT2D eigenvalue weighted by Gasteiger charge is 1.98. The lowest BCUT2D eigenvalue weighted by atomic mass is 10.5. The molecule has 7 nitrogen and oxygen atoms in total. The third-order valence-corrected chi connectivity index (χ3v) is 3.03. The normalized spacial score (nSPS) is 8.72. The molecule has 0 amide bonds. The Hall–Kier alpha value is -1.59. The van der Waals surface area contributed by atoms with Crippen LogP contribution in [0.25, 0.3) is 0 Å². The maximum Gasteiger partial charge on any atom is 0.243 e. The molecule has 0 radical (unpaired) electrons. The van der Waals surface area contributed by atoms with Gasteiger partial charge in [-0.1, -0.05) is 13.8 Å². The zero-order chi connectivity index (χ0) is 21.5. The molecule has 2 heterocycles. The van der Waals surface area contributed by atoms with Gasteiger partial charge in [-0.2, -0.15) is 5.26 Å². The molecule has 0 aromatic carbocycles. The molecule has 168 valence electrons. The van der Waals surface area contributed by atoms with Crippen molar-refractivity contribution in [2.75, 3.05) is 32.3 Å². The second kappa shape index (κ2) is 26.4. The number of nitrogens with zero attached hydrogens (tertiary/aromatic N) is 5. The summed E-state index contributed by atoms with van der Waals surface area (Å²) in [5, 5.41) is 7.32. The molecule has 0 saturated carbocycles. The Morgan fingerprint density at radius 2 is 1.69 bits per heavy atom. The molecular formula is C20H37Cl2N5O2. The molecule has 0 N–H and O–H groups in total. The summed E-state index contributed by atoms with van der Waals surface area (Å²) in [7, 11) is 3.95. The zero-order valence-corrected chi connectivity index (χ0v) is 19.9. The van der Waals surface area contributed by atoms with Crippen LogP contribution in [0.3, 0.4) is 0 Å². The van der Waals surface area contributed by atoms with Gasteiger partial charge in [-0.3, -0.25) is 0 Å². The highest BCUT2D eigenvalue weighted by atomic mass is 35.5. The van der Waals surface area contributed by atoms with Crippen LogP contribution in [-0.4, -0.2) is 46.4 Å². The molecule has 0 aliphatic heterocycles. The Balaban J connectivity index is -0.000000342. The van der Waals surface area contributed by atoms with E-state index >= 15 is 0 Å². The quantitative estimate of drug-likeness (QED) is 0.314. The van der Waals surface area contributed by atoms with Crippen LogP contribution in [0, 0.1) is 11.3 Å². The first kappa shape index (κ1) is 32.1. The lowest BCUT2D eigenvalue weighted by Gasteiger charge is -1.98. The Morgan fingerprint density at radius 1 is 1.10 bits per heavy atom. The smallest absolute Gasteiger partial charge is 0.243 e. The Bertz CT molecular complexity index is 568. The van der Waals surface area contributed by atoms with Crippen molar-refractivity contribution >= 4 is 11.6 Å². The predicted octanol–water partition coefficient (Wildman–Crippen LogP) is 0.345. The molecule has 9 heteroatoms. The molecule has 0 atom stereocenters. The van der Waals surface area contributed by atoms with E-state index in [9.17, 15) is 0 Å². The van der Waals surface area contributed by atoms with Crippen molar-refractivity contribution in [3.05, 3.63) is 37.4 Å². The van der Waals surface area contributed by atoms with E-state index in [0.29, 0.717) is 12.5 Å². The molecule has 2 rings (SSSR count). The second-order valence-corrected chi connectivity index (χ2v) is 6.06. The molecule has 29 heavy (non-hydrogen) atoms. The van der Waals surface area contributed by atoms with Crippen LogP contribution in [0.5, 0.6) is 0 Å². The number of halogens is 2. The summed E-state index contributed by atoms with van der Waals surface area (Å²) >= 11 is 5.31. The van der Waals surface area contributed by atoms with E-state index in [1.54, 1.807) is 18.6 Å². The summed E-state index contributed by atoms with van der Waals surface area (Å²) in [6, 6.07) is 1.75. The Morgan fingerprint density at radius 3 is 2.03 bits per heavy atom. The molecule has 0 saturated heterocycles. The summed E-state index contributed by atoms with van der Waals surface area (Å²) in [5.41, 5.74) is 0. The van der Waals surface area contributed by atoms with Gasteiger partial charge in [0.1, 0.15) is 18.9 Å². The fourth-order valence-electron chi connectivity index (χ4n) is 1.68. The highest BCUT2D eigenvalue weighted by Crippen LogP contribution is 1.86. The van der Waals surface area contributed by atoms with Crippen LogP contribution in [0.2, 0.25) is 0 Å². The van der Waals surface area contributed by atoms with E-state index < -0.39 is 0 Å². The van der Waals surface area contributed by atoms with E-state index in [2.05, 4.69) is 35.9 Å². The number of aryl methyl sites for hydroxylation is 2. The molecule has 2 aromatic rings. The third-order valence-electron chi connectivity index (χ3n) is 2.87. The first-order valence-electron chi connectivity index (χ1n) is 9.50. The maximum atomic E-state index is 7.32. The molecule has 0 aliphatic carbocycles. The van der Waals surface area contributed by atoms with E-state index in [0.717, 1.165) is 39.2 Å². The van der Waals surface area contributed by atoms with Crippen molar-refractivity contribution in [2.24, 2.45) is 14.1 Å². The van der Waals surface area contributed by atoms with Crippen molar-refractivity contribution in [2.45, 2.75) is 40.2 Å². The van der Waals surface area contributed by atoms with Gasteiger partial charge in [0.05, 0.1) is 32.7 Å². The van der Waals surface area contributed by atoms with Gasteiger partial charge in [-0.25, -0.2) is 14.1 Å².